The highest BCUT2D eigenvalue weighted by atomic mass is 32.1. The minimum Gasteiger partial charge on any atom is -0.375 e. The molecule has 1 aromatic heterocycles. The highest BCUT2D eigenvalue weighted by Crippen LogP contribution is 2.28. The molecule has 6 heteroatoms. The van der Waals surface area contributed by atoms with Gasteiger partial charge in [0, 0.05) is 30.3 Å². The van der Waals surface area contributed by atoms with Gasteiger partial charge in [-0.05, 0) is 38.0 Å². The Morgan fingerprint density at radius 1 is 1.22 bits per heavy atom. The zero-order valence-corrected chi connectivity index (χ0v) is 14.6. The summed E-state index contributed by atoms with van der Waals surface area (Å²) in [6, 6.07) is 0. The molecule has 1 aromatic rings. The van der Waals surface area contributed by atoms with Crippen molar-refractivity contribution >= 4 is 11.3 Å². The summed E-state index contributed by atoms with van der Waals surface area (Å²) in [6.45, 7) is 6.37. The Labute approximate surface area is 141 Å². The van der Waals surface area contributed by atoms with Crippen LogP contribution in [0.4, 0.5) is 0 Å². The van der Waals surface area contributed by atoms with Gasteiger partial charge in [0.2, 0.25) is 0 Å². The summed E-state index contributed by atoms with van der Waals surface area (Å²) in [5.74, 6) is 0.710. The molecule has 0 bridgehead atoms. The third kappa shape index (κ3) is 3.27. The molecule has 2 aliphatic heterocycles. The van der Waals surface area contributed by atoms with E-state index >= 15 is 0 Å². The van der Waals surface area contributed by atoms with Crippen LogP contribution in [0.15, 0.2) is 4.79 Å². The minimum atomic E-state index is 0.163. The molecule has 128 valence electrons. The molecular formula is C17H26N2O3S. The summed E-state index contributed by atoms with van der Waals surface area (Å²) in [7, 11) is 0. The lowest BCUT2D eigenvalue weighted by Crippen LogP contribution is -2.48. The van der Waals surface area contributed by atoms with E-state index in [-0.39, 0.29) is 17.1 Å². The van der Waals surface area contributed by atoms with Crippen LogP contribution in [0.5, 0.6) is 0 Å². The number of thiazole rings is 1. The van der Waals surface area contributed by atoms with Crippen molar-refractivity contribution in [1.29, 1.82) is 0 Å². The van der Waals surface area contributed by atoms with E-state index in [1.54, 1.807) is 0 Å². The number of fused-ring (bicyclic) bond motifs is 1. The van der Waals surface area contributed by atoms with Crippen LogP contribution >= 0.6 is 11.3 Å². The van der Waals surface area contributed by atoms with Crippen molar-refractivity contribution in [3.8, 4) is 0 Å². The van der Waals surface area contributed by atoms with Gasteiger partial charge < -0.3 is 9.47 Å². The number of rotatable bonds is 3. The summed E-state index contributed by atoms with van der Waals surface area (Å²) in [5.41, 5.74) is 1.29. The fraction of sp³-hybridized carbons (Fsp3) is 0.824. The van der Waals surface area contributed by atoms with Crippen LogP contribution in [0.2, 0.25) is 0 Å². The lowest BCUT2D eigenvalue weighted by molar-refractivity contribution is -0.100. The van der Waals surface area contributed by atoms with Crippen LogP contribution in [-0.4, -0.2) is 48.0 Å². The van der Waals surface area contributed by atoms with Gasteiger partial charge in [0.25, 0.3) is 0 Å². The van der Waals surface area contributed by atoms with Crippen LogP contribution in [-0.2, 0) is 29.0 Å². The maximum Gasteiger partial charge on any atom is 0.308 e. The molecule has 0 radical (unpaired) electrons. The predicted molar refractivity (Wildman–Crippen MR) is 90.1 cm³/mol. The molecule has 2 fully saturated rings. The summed E-state index contributed by atoms with van der Waals surface area (Å²) in [5, 5.41) is 0. The van der Waals surface area contributed by atoms with Crippen molar-refractivity contribution in [2.45, 2.75) is 57.9 Å². The lowest BCUT2D eigenvalue weighted by Gasteiger charge is -2.35. The molecule has 5 nitrogen and oxygen atoms in total. The molecule has 3 aliphatic rings. The Bertz CT molecular complexity index is 605. The minimum absolute atomic E-state index is 0.163. The van der Waals surface area contributed by atoms with E-state index in [1.807, 2.05) is 4.57 Å². The van der Waals surface area contributed by atoms with Crippen molar-refractivity contribution in [1.82, 2.24) is 9.47 Å². The normalized spacial score (nSPS) is 32.1. The van der Waals surface area contributed by atoms with E-state index in [0.29, 0.717) is 12.6 Å². The predicted octanol–water partition coefficient (Wildman–Crippen LogP) is 1.87. The van der Waals surface area contributed by atoms with Gasteiger partial charge in [-0.15, -0.1) is 0 Å². The zero-order chi connectivity index (χ0) is 15.8. The van der Waals surface area contributed by atoms with Gasteiger partial charge in [-0.1, -0.05) is 18.3 Å². The molecular weight excluding hydrogens is 312 g/mol. The smallest absolute Gasteiger partial charge is 0.308 e. The molecule has 0 spiro atoms. The highest BCUT2D eigenvalue weighted by Gasteiger charge is 2.32. The summed E-state index contributed by atoms with van der Waals surface area (Å²) < 4.78 is 13.7. The van der Waals surface area contributed by atoms with Gasteiger partial charge in [0.15, 0.2) is 0 Å². The molecule has 0 saturated carbocycles. The van der Waals surface area contributed by atoms with Crippen LogP contribution < -0.4 is 4.87 Å². The number of nitrogens with zero attached hydrogens (tertiary/aromatic N) is 2. The first-order valence-electron chi connectivity index (χ1n) is 8.87. The second-order valence-corrected chi connectivity index (χ2v) is 8.24. The summed E-state index contributed by atoms with van der Waals surface area (Å²) in [4.78, 5) is 16.3. The van der Waals surface area contributed by atoms with Crippen molar-refractivity contribution in [2.75, 3.05) is 26.3 Å². The van der Waals surface area contributed by atoms with E-state index in [9.17, 15) is 4.79 Å². The summed E-state index contributed by atoms with van der Waals surface area (Å²) >= 11 is 1.46. The molecule has 3 heterocycles. The van der Waals surface area contributed by atoms with E-state index in [2.05, 4.69) is 11.8 Å². The van der Waals surface area contributed by atoms with Gasteiger partial charge in [-0.3, -0.25) is 14.3 Å². The second-order valence-electron chi connectivity index (χ2n) is 7.19. The van der Waals surface area contributed by atoms with Gasteiger partial charge >= 0.3 is 4.87 Å². The quantitative estimate of drug-likeness (QED) is 0.844. The first kappa shape index (κ1) is 15.8. The van der Waals surface area contributed by atoms with Crippen molar-refractivity contribution < 1.29 is 9.47 Å². The lowest BCUT2D eigenvalue weighted by atomic mass is 9.93. The van der Waals surface area contributed by atoms with Crippen LogP contribution in [0.1, 0.15) is 36.8 Å². The molecule has 3 atom stereocenters. The molecule has 0 amide bonds. The van der Waals surface area contributed by atoms with Gasteiger partial charge in [-0.2, -0.15) is 0 Å². The maximum absolute atomic E-state index is 12.4. The average molecular weight is 338 g/mol. The van der Waals surface area contributed by atoms with Crippen LogP contribution in [0.3, 0.4) is 0 Å². The third-order valence-corrected chi connectivity index (χ3v) is 6.43. The number of morpholine rings is 1. The third-order valence-electron chi connectivity index (χ3n) is 5.38. The fourth-order valence-electron chi connectivity index (χ4n) is 4.04. The molecule has 2 saturated heterocycles. The number of hydrogen-bond acceptors (Lipinski definition) is 5. The van der Waals surface area contributed by atoms with Crippen LogP contribution in [0.25, 0.3) is 0 Å². The second kappa shape index (κ2) is 6.67. The largest absolute Gasteiger partial charge is 0.375 e. The molecule has 0 unspecified atom stereocenters. The van der Waals surface area contributed by atoms with Crippen molar-refractivity contribution in [2.24, 2.45) is 5.92 Å². The van der Waals surface area contributed by atoms with E-state index in [1.165, 1.54) is 28.3 Å². The van der Waals surface area contributed by atoms with Crippen LogP contribution in [0, 0.1) is 5.92 Å². The standard InChI is InChI=1S/C17H26N2O3S/c1-12-4-5-13-16(9-12)23-17(20)19(13)11-18-6-8-22-15(10-18)14-3-2-7-21-14/h12,14-15H,2-11H2,1H3/t12-,14-,15-/m1/s1. The zero-order valence-electron chi connectivity index (χ0n) is 13.8. The van der Waals surface area contributed by atoms with Gasteiger partial charge in [-0.25, -0.2) is 0 Å². The Morgan fingerprint density at radius 2 is 2.09 bits per heavy atom. The SMILES string of the molecule is C[C@@H]1CCc2c(sc(=O)n2CN2CCO[C@@H]([C@H]3CCCO3)C2)C1. The molecule has 1 aliphatic carbocycles. The maximum atomic E-state index is 12.4. The molecule has 0 aromatic carbocycles. The van der Waals surface area contributed by atoms with Crippen molar-refractivity contribution in [3.05, 3.63) is 20.2 Å². The first-order chi connectivity index (χ1) is 11.2. The van der Waals surface area contributed by atoms with E-state index in [0.717, 1.165) is 52.0 Å². The fourth-order valence-corrected chi connectivity index (χ4v) is 5.23. The van der Waals surface area contributed by atoms with Crippen molar-refractivity contribution in [3.63, 3.8) is 0 Å². The topological polar surface area (TPSA) is 43.7 Å². The Kier molecular flexibility index (Phi) is 4.58. The van der Waals surface area contributed by atoms with Gasteiger partial charge in [0.1, 0.15) is 0 Å². The average Bonchev–Trinajstić information content (AvgIpc) is 3.17. The number of hydrogen-bond donors (Lipinski definition) is 0. The van der Waals surface area contributed by atoms with E-state index < -0.39 is 0 Å². The molecule has 23 heavy (non-hydrogen) atoms. The summed E-state index contributed by atoms with van der Waals surface area (Å²) in [6.07, 6.45) is 5.97. The Balaban J connectivity index is 1.46. The number of aromatic nitrogens is 1. The molecule has 4 rings (SSSR count). The highest BCUT2D eigenvalue weighted by molar-refractivity contribution is 7.09. The number of ether oxygens (including phenoxy) is 2. The molecule has 0 N–H and O–H groups in total. The Hall–Kier alpha value is -0.690. The first-order valence-corrected chi connectivity index (χ1v) is 9.69. The Morgan fingerprint density at radius 3 is 2.91 bits per heavy atom. The monoisotopic (exact) mass is 338 g/mol. The van der Waals surface area contributed by atoms with E-state index in [4.69, 9.17) is 9.47 Å². The van der Waals surface area contributed by atoms with Gasteiger partial charge in [0.05, 0.1) is 25.5 Å².